The Hall–Kier alpha value is -0.0900. The van der Waals surface area contributed by atoms with E-state index >= 15 is 0 Å². The largest absolute Gasteiger partial charge is 0.377 e. The fourth-order valence-corrected chi connectivity index (χ4v) is 1.84. The number of rotatable bonds is 1. The number of hydrogen-bond donors (Lipinski definition) is 1. The van der Waals surface area contributed by atoms with Gasteiger partial charge in [-0.3, -0.25) is 0 Å². The third-order valence-electron chi connectivity index (χ3n) is 1.73. The van der Waals surface area contributed by atoms with Gasteiger partial charge in [0, 0.05) is 4.88 Å². The molecule has 1 aliphatic heterocycles. The molecule has 4 heteroatoms. The molecule has 0 bridgehead atoms. The van der Waals surface area contributed by atoms with Crippen molar-refractivity contribution in [2.24, 2.45) is 5.73 Å². The van der Waals surface area contributed by atoms with Crippen molar-refractivity contribution < 1.29 is 4.74 Å². The van der Waals surface area contributed by atoms with Crippen LogP contribution in [0.3, 0.4) is 0 Å². The summed E-state index contributed by atoms with van der Waals surface area (Å²) < 4.78 is 5.04. The van der Waals surface area contributed by atoms with Crippen molar-refractivity contribution in [1.29, 1.82) is 0 Å². The molecule has 0 unspecified atom stereocenters. The van der Waals surface area contributed by atoms with Crippen LogP contribution < -0.4 is 5.73 Å². The Morgan fingerprint density at radius 1 is 1.55 bits per heavy atom. The lowest BCUT2D eigenvalue weighted by molar-refractivity contribution is -0.0550. The molecule has 0 saturated carbocycles. The maximum atomic E-state index is 5.95. The van der Waals surface area contributed by atoms with Crippen LogP contribution in [-0.2, 0) is 10.3 Å². The highest BCUT2D eigenvalue weighted by Gasteiger charge is 2.36. The van der Waals surface area contributed by atoms with Crippen molar-refractivity contribution in [3.63, 3.8) is 0 Å². The van der Waals surface area contributed by atoms with E-state index in [0.717, 1.165) is 0 Å². The molecule has 0 spiro atoms. The quantitative estimate of drug-likeness (QED) is 0.728. The topological polar surface area (TPSA) is 35.2 Å². The minimum atomic E-state index is -0.159. The van der Waals surface area contributed by atoms with E-state index in [2.05, 4.69) is 6.07 Å². The van der Waals surface area contributed by atoms with Crippen molar-refractivity contribution in [2.45, 2.75) is 5.54 Å². The van der Waals surface area contributed by atoms with Gasteiger partial charge in [-0.1, -0.05) is 6.07 Å². The number of thiophene rings is 1. The Morgan fingerprint density at radius 2 is 2.27 bits per heavy atom. The van der Waals surface area contributed by atoms with Crippen LogP contribution in [0.15, 0.2) is 17.5 Å². The Kier molecular flexibility index (Phi) is 2.54. The van der Waals surface area contributed by atoms with Gasteiger partial charge in [-0.25, -0.2) is 0 Å². The lowest BCUT2D eigenvalue weighted by atomic mass is 9.97. The molecule has 2 nitrogen and oxygen atoms in total. The van der Waals surface area contributed by atoms with E-state index in [1.165, 1.54) is 4.88 Å². The fraction of sp³-hybridized carbons (Fsp3) is 0.429. The van der Waals surface area contributed by atoms with Crippen LogP contribution >= 0.6 is 23.7 Å². The Morgan fingerprint density at radius 3 is 2.64 bits per heavy atom. The van der Waals surface area contributed by atoms with Crippen molar-refractivity contribution in [1.82, 2.24) is 0 Å². The molecule has 1 aromatic rings. The van der Waals surface area contributed by atoms with Crippen molar-refractivity contribution in [3.05, 3.63) is 22.4 Å². The van der Waals surface area contributed by atoms with Gasteiger partial charge in [0.25, 0.3) is 0 Å². The van der Waals surface area contributed by atoms with Crippen LogP contribution in [0.1, 0.15) is 4.88 Å². The first-order valence-electron chi connectivity index (χ1n) is 3.22. The maximum Gasteiger partial charge on any atom is 0.0976 e. The van der Waals surface area contributed by atoms with Gasteiger partial charge in [0.1, 0.15) is 0 Å². The third kappa shape index (κ3) is 1.42. The molecule has 2 heterocycles. The highest BCUT2D eigenvalue weighted by molar-refractivity contribution is 7.10. The van der Waals surface area contributed by atoms with Gasteiger partial charge in [0.05, 0.1) is 18.8 Å². The first-order valence-corrected chi connectivity index (χ1v) is 4.10. The highest BCUT2D eigenvalue weighted by atomic mass is 35.5. The van der Waals surface area contributed by atoms with Crippen LogP contribution in [0, 0.1) is 0 Å². The van der Waals surface area contributed by atoms with E-state index in [1.807, 2.05) is 11.4 Å². The number of hydrogen-bond acceptors (Lipinski definition) is 3. The molecule has 2 N–H and O–H groups in total. The molecule has 0 atom stereocenters. The molecule has 0 aliphatic carbocycles. The summed E-state index contributed by atoms with van der Waals surface area (Å²) in [7, 11) is 0. The molecule has 0 radical (unpaired) electrons. The predicted molar refractivity (Wildman–Crippen MR) is 48.3 cm³/mol. The highest BCUT2D eigenvalue weighted by Crippen LogP contribution is 2.29. The summed E-state index contributed by atoms with van der Waals surface area (Å²) >= 11 is 1.70. The Balaban J connectivity index is 0.000000605. The van der Waals surface area contributed by atoms with Crippen molar-refractivity contribution >= 4 is 23.7 Å². The molecular formula is C7H10ClNOS. The summed E-state index contributed by atoms with van der Waals surface area (Å²) in [5, 5.41) is 2.04. The van der Waals surface area contributed by atoms with Crippen molar-refractivity contribution in [3.8, 4) is 0 Å². The lowest BCUT2D eigenvalue weighted by Gasteiger charge is -2.36. The van der Waals surface area contributed by atoms with Gasteiger partial charge in [0.15, 0.2) is 0 Å². The summed E-state index contributed by atoms with van der Waals surface area (Å²) in [5.74, 6) is 0. The van der Waals surface area contributed by atoms with E-state index in [-0.39, 0.29) is 17.9 Å². The minimum Gasteiger partial charge on any atom is -0.377 e. The zero-order valence-electron chi connectivity index (χ0n) is 5.95. The second-order valence-corrected chi connectivity index (χ2v) is 3.57. The smallest absolute Gasteiger partial charge is 0.0976 e. The molecule has 11 heavy (non-hydrogen) atoms. The summed E-state index contributed by atoms with van der Waals surface area (Å²) in [6.45, 7) is 1.35. The van der Waals surface area contributed by atoms with Gasteiger partial charge < -0.3 is 10.5 Å². The van der Waals surface area contributed by atoms with Crippen LogP contribution in [0.2, 0.25) is 0 Å². The lowest BCUT2D eigenvalue weighted by Crippen LogP contribution is -2.53. The summed E-state index contributed by atoms with van der Waals surface area (Å²) in [6, 6.07) is 4.08. The summed E-state index contributed by atoms with van der Waals surface area (Å²) in [5.41, 5.74) is 5.80. The van der Waals surface area contributed by atoms with Crippen LogP contribution in [0.25, 0.3) is 0 Å². The standard InChI is InChI=1S/C7H9NOS.ClH/c8-7(4-9-5-7)6-2-1-3-10-6;/h1-3H,4-5,8H2;1H. The third-order valence-corrected chi connectivity index (χ3v) is 2.82. The number of nitrogens with two attached hydrogens (primary N) is 1. The van der Waals surface area contributed by atoms with Gasteiger partial charge >= 0.3 is 0 Å². The SMILES string of the molecule is Cl.NC1(c2cccs2)COC1. The average Bonchev–Trinajstić information content (AvgIpc) is 2.33. The zero-order chi connectivity index (χ0) is 7.03. The monoisotopic (exact) mass is 191 g/mol. The van der Waals surface area contributed by atoms with E-state index in [1.54, 1.807) is 11.3 Å². The second-order valence-electron chi connectivity index (χ2n) is 2.63. The predicted octanol–water partition coefficient (Wildman–Crippen LogP) is 1.35. The molecule has 1 aromatic heterocycles. The Bertz CT molecular complexity index is 220. The van der Waals surface area contributed by atoms with Gasteiger partial charge in [0.2, 0.25) is 0 Å². The molecule has 0 aromatic carbocycles. The van der Waals surface area contributed by atoms with Gasteiger partial charge in [-0.2, -0.15) is 0 Å². The Labute approximate surface area is 75.8 Å². The van der Waals surface area contributed by atoms with E-state index in [9.17, 15) is 0 Å². The number of halogens is 1. The molecule has 1 fully saturated rings. The fourth-order valence-electron chi connectivity index (χ4n) is 1.03. The minimum absolute atomic E-state index is 0. The van der Waals surface area contributed by atoms with E-state index in [4.69, 9.17) is 10.5 Å². The van der Waals surface area contributed by atoms with Crippen LogP contribution in [0.5, 0.6) is 0 Å². The zero-order valence-corrected chi connectivity index (χ0v) is 7.58. The maximum absolute atomic E-state index is 5.95. The molecule has 2 rings (SSSR count). The molecule has 1 saturated heterocycles. The molecule has 1 aliphatic rings. The normalized spacial score (nSPS) is 20.1. The second kappa shape index (κ2) is 3.11. The van der Waals surface area contributed by atoms with Gasteiger partial charge in [-0.05, 0) is 11.4 Å². The first-order chi connectivity index (χ1) is 4.81. The number of ether oxygens (including phenoxy) is 1. The molecule has 0 amide bonds. The van der Waals surface area contributed by atoms with Gasteiger partial charge in [-0.15, -0.1) is 23.7 Å². The van der Waals surface area contributed by atoms with E-state index < -0.39 is 0 Å². The van der Waals surface area contributed by atoms with Crippen LogP contribution in [-0.4, -0.2) is 13.2 Å². The first kappa shape index (κ1) is 9.00. The summed E-state index contributed by atoms with van der Waals surface area (Å²) in [6.07, 6.45) is 0. The van der Waals surface area contributed by atoms with Crippen molar-refractivity contribution in [2.75, 3.05) is 13.2 Å². The average molecular weight is 192 g/mol. The summed E-state index contributed by atoms with van der Waals surface area (Å²) in [4.78, 5) is 1.23. The molecule has 62 valence electrons. The van der Waals surface area contributed by atoms with E-state index in [0.29, 0.717) is 13.2 Å². The van der Waals surface area contributed by atoms with Crippen LogP contribution in [0.4, 0.5) is 0 Å². The molecular weight excluding hydrogens is 182 g/mol.